The lowest BCUT2D eigenvalue weighted by molar-refractivity contribution is 0.590. The van der Waals surface area contributed by atoms with E-state index in [0.29, 0.717) is 0 Å². The summed E-state index contributed by atoms with van der Waals surface area (Å²) in [5.41, 5.74) is 23.1. The summed E-state index contributed by atoms with van der Waals surface area (Å²) < 4.78 is 10.2. The third-order valence-electron chi connectivity index (χ3n) is 17.6. The Balaban J connectivity index is 1.13. The zero-order chi connectivity index (χ0) is 53.8. The van der Waals surface area contributed by atoms with Crippen LogP contribution >= 0.6 is 0 Å². The maximum Gasteiger partial charge on any atom is 0.297 e. The molecule has 0 saturated heterocycles. The number of aromatic nitrogens is 1. The van der Waals surface area contributed by atoms with Gasteiger partial charge in [0.1, 0.15) is 5.58 Å². The zero-order valence-electron chi connectivity index (χ0n) is 45.9. The molecule has 2 aliphatic rings. The zero-order valence-corrected chi connectivity index (χ0v) is 45.9. The molecule has 380 valence electrons. The fourth-order valence-electron chi connectivity index (χ4n) is 13.8. The largest absolute Gasteiger partial charge is 0.468 e. The highest BCUT2D eigenvalue weighted by Gasteiger charge is 2.47. The van der Waals surface area contributed by atoms with E-state index in [9.17, 15) is 0 Å². The van der Waals surface area contributed by atoms with E-state index in [1.165, 1.54) is 115 Å². The van der Waals surface area contributed by atoms with Gasteiger partial charge in [-0.05, 0) is 159 Å². The average molecular weight is 1030 g/mol. The second kappa shape index (κ2) is 17.1. The van der Waals surface area contributed by atoms with Gasteiger partial charge in [-0.1, -0.05) is 224 Å². The van der Waals surface area contributed by atoms with Crippen molar-refractivity contribution in [3.05, 3.63) is 248 Å². The van der Waals surface area contributed by atoms with Gasteiger partial charge in [-0.15, -0.1) is 0 Å². The quantitative estimate of drug-likeness (QED) is 0.127. The van der Waals surface area contributed by atoms with E-state index >= 15 is 0 Å². The van der Waals surface area contributed by atoms with Gasteiger partial charge < -0.3 is 13.9 Å². The van der Waals surface area contributed by atoms with Gasteiger partial charge >= 0.3 is 0 Å². The van der Waals surface area contributed by atoms with E-state index in [0.717, 1.165) is 44.9 Å². The summed E-state index contributed by atoms with van der Waals surface area (Å²) in [7, 11) is 0. The molecule has 12 aromatic carbocycles. The van der Waals surface area contributed by atoms with Crippen molar-refractivity contribution in [2.45, 2.75) is 52.4 Å². The first-order valence-corrected chi connectivity index (χ1v) is 28.3. The van der Waals surface area contributed by atoms with E-state index in [4.69, 9.17) is 4.42 Å². The molecular formula is C76H57BN2O. The molecule has 4 heterocycles. The predicted molar refractivity (Wildman–Crippen MR) is 342 cm³/mol. The molecule has 2 aromatic heterocycles. The summed E-state index contributed by atoms with van der Waals surface area (Å²) in [5, 5.41) is 11.2. The van der Waals surface area contributed by atoms with Crippen molar-refractivity contribution in [2.75, 3.05) is 4.90 Å². The van der Waals surface area contributed by atoms with Gasteiger partial charge in [0.2, 0.25) is 0 Å². The fraction of sp³-hybridized carbons (Fsp3) is 0.105. The van der Waals surface area contributed by atoms with Crippen LogP contribution in [-0.4, -0.2) is 11.3 Å². The molecule has 16 rings (SSSR count). The maximum absolute atomic E-state index is 7.60. The Bertz CT molecular complexity index is 4820. The molecule has 14 aromatic rings. The van der Waals surface area contributed by atoms with Crippen LogP contribution in [-0.2, 0) is 10.8 Å². The molecule has 80 heavy (non-hydrogen) atoms. The minimum absolute atomic E-state index is 0.0316. The average Bonchev–Trinajstić information content (AvgIpc) is 4.23. The normalized spacial score (nSPS) is 13.1. The molecule has 0 radical (unpaired) electrons. The molecule has 4 heteroatoms. The highest BCUT2D eigenvalue weighted by Crippen LogP contribution is 2.52. The second-order valence-corrected chi connectivity index (χ2v) is 24.4. The number of rotatable bonds is 5. The van der Waals surface area contributed by atoms with E-state index < -0.39 is 0 Å². The Labute approximate surface area is 467 Å². The van der Waals surface area contributed by atoms with Crippen molar-refractivity contribution >= 4 is 105 Å². The van der Waals surface area contributed by atoms with Crippen LogP contribution in [0.4, 0.5) is 17.1 Å². The highest BCUT2D eigenvalue weighted by atomic mass is 16.3. The van der Waals surface area contributed by atoms with Crippen LogP contribution in [0.15, 0.2) is 241 Å². The SMILES string of the molecule is CC(C)(C)c1ccc(N2c3cc(-c4c(-c5ccccc5)cc(-c5ccccc5)cc4-c4ccccc4)cc4c3B(c3oc5ccc(C(C)(C)C)cc5c32)c2cc3c5ccccc5c5ccccc5c3c3c5ccccc5n-4c23)cc1. The Kier molecular flexibility index (Phi) is 9.96. The molecule has 0 N–H and O–H groups in total. The first-order chi connectivity index (χ1) is 39.0. The van der Waals surface area contributed by atoms with Crippen LogP contribution in [0.25, 0.3) is 115 Å². The molecule has 0 fully saturated rings. The monoisotopic (exact) mass is 1020 g/mol. The van der Waals surface area contributed by atoms with Gasteiger partial charge in [-0.25, -0.2) is 0 Å². The second-order valence-electron chi connectivity index (χ2n) is 24.4. The standard InChI is InChI=1S/C76H57BN2O/c1-75(2,3)51-34-37-53(38-35-51)78-65-42-50(68-59(47-24-12-8-13-25-47)40-49(46-22-10-7-11-23-46)41-60(68)48-26-14-9-15-27-48)43-66-71(65)77(74-72(78)62-44-52(76(4,5)6)36-39-67(62)80-74)63-45-61-56-30-17-16-28-54(56)55-29-18-19-31-57(55)69(61)70-58-32-20-21-33-64(58)79(66)73(63)70/h7-45H,1-6H3. The third kappa shape index (κ3) is 6.81. The number of hydrogen-bond acceptors (Lipinski definition) is 2. The topological polar surface area (TPSA) is 21.3 Å². The minimum atomic E-state index is -0.253. The van der Waals surface area contributed by atoms with Crippen LogP contribution in [0.3, 0.4) is 0 Å². The lowest BCUT2D eigenvalue weighted by Gasteiger charge is -2.39. The molecular weight excluding hydrogens is 968 g/mol. The Morgan fingerprint density at radius 3 is 1.54 bits per heavy atom. The van der Waals surface area contributed by atoms with Gasteiger partial charge in [0.15, 0.2) is 0 Å². The van der Waals surface area contributed by atoms with Crippen LogP contribution in [0, 0.1) is 0 Å². The molecule has 0 atom stereocenters. The Hall–Kier alpha value is -9.38. The molecule has 2 aliphatic heterocycles. The Morgan fingerprint density at radius 1 is 0.388 bits per heavy atom. The molecule has 0 amide bonds. The summed E-state index contributed by atoms with van der Waals surface area (Å²) >= 11 is 0. The van der Waals surface area contributed by atoms with Gasteiger partial charge in [0, 0.05) is 38.6 Å². The maximum atomic E-state index is 7.60. The van der Waals surface area contributed by atoms with Crippen molar-refractivity contribution in [1.29, 1.82) is 0 Å². The van der Waals surface area contributed by atoms with Gasteiger partial charge in [0.25, 0.3) is 6.71 Å². The van der Waals surface area contributed by atoms with E-state index in [2.05, 4.69) is 288 Å². The van der Waals surface area contributed by atoms with E-state index in [-0.39, 0.29) is 17.5 Å². The van der Waals surface area contributed by atoms with Gasteiger partial charge in [-0.2, -0.15) is 0 Å². The van der Waals surface area contributed by atoms with Crippen molar-refractivity contribution in [1.82, 2.24) is 4.57 Å². The van der Waals surface area contributed by atoms with Crippen molar-refractivity contribution in [3.8, 4) is 50.2 Å². The van der Waals surface area contributed by atoms with E-state index in [1.807, 2.05) is 0 Å². The van der Waals surface area contributed by atoms with Gasteiger partial charge in [-0.3, -0.25) is 0 Å². The minimum Gasteiger partial charge on any atom is -0.468 e. The molecule has 0 bridgehead atoms. The summed E-state index contributed by atoms with van der Waals surface area (Å²) in [6.45, 7) is 13.6. The number of benzene rings is 12. The van der Waals surface area contributed by atoms with Crippen LogP contribution in [0.5, 0.6) is 0 Å². The number of anilines is 3. The summed E-state index contributed by atoms with van der Waals surface area (Å²) in [6, 6.07) is 88.9. The lowest BCUT2D eigenvalue weighted by Crippen LogP contribution is -2.60. The smallest absolute Gasteiger partial charge is 0.297 e. The molecule has 0 spiro atoms. The summed E-state index contributed by atoms with van der Waals surface area (Å²) in [4.78, 5) is 2.57. The number of hydrogen-bond donors (Lipinski definition) is 0. The van der Waals surface area contributed by atoms with Crippen LogP contribution in [0.1, 0.15) is 52.7 Å². The predicted octanol–water partition coefficient (Wildman–Crippen LogP) is 18.9. The number of fused-ring (bicyclic) bond motifs is 16. The lowest BCUT2D eigenvalue weighted by atomic mass is 9.35. The Morgan fingerprint density at radius 2 is 0.912 bits per heavy atom. The van der Waals surface area contributed by atoms with Crippen molar-refractivity contribution in [2.24, 2.45) is 0 Å². The molecule has 0 unspecified atom stereocenters. The first kappa shape index (κ1) is 46.7. The fourth-order valence-corrected chi connectivity index (χ4v) is 13.8. The number of para-hydroxylation sites is 1. The molecule has 3 nitrogen and oxygen atoms in total. The number of nitrogens with zero attached hydrogens (tertiary/aromatic N) is 2. The third-order valence-corrected chi connectivity index (χ3v) is 17.6. The van der Waals surface area contributed by atoms with Gasteiger partial charge in [0.05, 0.1) is 22.4 Å². The number of furan rings is 1. The summed E-state index contributed by atoms with van der Waals surface area (Å²) in [6.07, 6.45) is 0. The van der Waals surface area contributed by atoms with Crippen LogP contribution < -0.4 is 21.5 Å². The summed E-state index contributed by atoms with van der Waals surface area (Å²) in [5.74, 6) is 0. The van der Waals surface area contributed by atoms with Crippen LogP contribution in [0.2, 0.25) is 0 Å². The van der Waals surface area contributed by atoms with E-state index in [1.54, 1.807) is 0 Å². The highest BCUT2D eigenvalue weighted by molar-refractivity contribution is 7.00. The molecule has 0 aliphatic carbocycles. The van der Waals surface area contributed by atoms with Crippen molar-refractivity contribution < 1.29 is 4.42 Å². The van der Waals surface area contributed by atoms with Crippen molar-refractivity contribution in [3.63, 3.8) is 0 Å². The molecule has 0 saturated carbocycles. The first-order valence-electron chi connectivity index (χ1n) is 28.3.